The molecule has 3 heterocycles. The highest BCUT2D eigenvalue weighted by atomic mass is 19.4. The fourth-order valence-electron chi connectivity index (χ4n) is 3.36. The van der Waals surface area contributed by atoms with Gasteiger partial charge in [-0.1, -0.05) is 0 Å². The Labute approximate surface area is 161 Å². The van der Waals surface area contributed by atoms with Crippen molar-refractivity contribution >= 4 is 11.8 Å². The molecule has 1 atom stereocenters. The maximum atomic E-state index is 13.5. The van der Waals surface area contributed by atoms with Crippen molar-refractivity contribution in [2.24, 2.45) is 0 Å². The molecule has 7 nitrogen and oxygen atoms in total. The van der Waals surface area contributed by atoms with E-state index in [1.54, 1.807) is 4.90 Å². The standard InChI is InChI=1S/C16H20F6N4O3/c17-15(18,19)10-29-8-5-25-11(16(20,21)22)1-2-26-13(27)9-12(23-14(25)26)24-3-6-28-7-4-24/h9,11H,1-8,10H2. The van der Waals surface area contributed by atoms with Crippen LogP contribution in [0.1, 0.15) is 6.42 Å². The minimum atomic E-state index is -4.64. The third kappa shape index (κ3) is 5.32. The SMILES string of the molecule is O=c1cc(N2CCOCC2)nc2n1CCC(C(F)(F)F)N2CCOCC(F)(F)F. The highest BCUT2D eigenvalue weighted by Gasteiger charge is 2.46. The van der Waals surface area contributed by atoms with Crippen LogP contribution in [-0.2, 0) is 16.0 Å². The molecule has 0 bridgehead atoms. The second-order valence-electron chi connectivity index (χ2n) is 6.71. The summed E-state index contributed by atoms with van der Waals surface area (Å²) >= 11 is 0. The van der Waals surface area contributed by atoms with Crippen molar-refractivity contribution in [3.05, 3.63) is 16.4 Å². The van der Waals surface area contributed by atoms with Crippen molar-refractivity contribution in [2.75, 3.05) is 55.9 Å². The van der Waals surface area contributed by atoms with Gasteiger partial charge in [-0.25, -0.2) is 0 Å². The molecule has 0 amide bonds. The Balaban J connectivity index is 1.88. The summed E-state index contributed by atoms with van der Waals surface area (Å²) in [5, 5.41) is 0. The Morgan fingerprint density at radius 3 is 2.45 bits per heavy atom. The first-order chi connectivity index (χ1) is 13.6. The van der Waals surface area contributed by atoms with Crippen LogP contribution in [0.4, 0.5) is 38.1 Å². The summed E-state index contributed by atoms with van der Waals surface area (Å²) in [7, 11) is 0. The lowest BCUT2D eigenvalue weighted by atomic mass is 10.1. The third-order valence-corrected chi connectivity index (χ3v) is 4.69. The van der Waals surface area contributed by atoms with E-state index in [1.807, 2.05) is 0 Å². The molecular formula is C16H20F6N4O3. The molecule has 0 spiro atoms. The Morgan fingerprint density at radius 2 is 1.83 bits per heavy atom. The van der Waals surface area contributed by atoms with Crippen molar-refractivity contribution in [3.63, 3.8) is 0 Å². The van der Waals surface area contributed by atoms with E-state index in [0.717, 1.165) is 9.47 Å². The number of ether oxygens (including phenoxy) is 2. The molecule has 0 saturated carbocycles. The van der Waals surface area contributed by atoms with Crippen LogP contribution in [0.15, 0.2) is 10.9 Å². The fourth-order valence-corrected chi connectivity index (χ4v) is 3.36. The van der Waals surface area contributed by atoms with E-state index >= 15 is 0 Å². The average Bonchev–Trinajstić information content (AvgIpc) is 2.64. The summed E-state index contributed by atoms with van der Waals surface area (Å²) < 4.78 is 88.1. The lowest BCUT2D eigenvalue weighted by molar-refractivity contribution is -0.174. The molecule has 1 saturated heterocycles. The van der Waals surface area contributed by atoms with Gasteiger partial charge in [0.2, 0.25) is 5.95 Å². The van der Waals surface area contributed by atoms with Crippen LogP contribution in [0.5, 0.6) is 0 Å². The minimum absolute atomic E-state index is 0.186. The Hall–Kier alpha value is -2.02. The Morgan fingerprint density at radius 1 is 1.14 bits per heavy atom. The molecule has 3 rings (SSSR count). The smallest absolute Gasteiger partial charge is 0.378 e. The average molecular weight is 430 g/mol. The maximum absolute atomic E-state index is 13.5. The molecule has 29 heavy (non-hydrogen) atoms. The maximum Gasteiger partial charge on any atom is 0.411 e. The Bertz CT molecular complexity index is 760. The molecule has 0 aliphatic carbocycles. The van der Waals surface area contributed by atoms with E-state index in [4.69, 9.17) is 4.74 Å². The number of aromatic nitrogens is 2. The zero-order chi connectivity index (χ0) is 21.2. The fraction of sp³-hybridized carbons (Fsp3) is 0.750. The predicted molar refractivity (Wildman–Crippen MR) is 90.2 cm³/mol. The van der Waals surface area contributed by atoms with Crippen LogP contribution in [0.25, 0.3) is 0 Å². The van der Waals surface area contributed by atoms with Gasteiger partial charge in [-0.05, 0) is 6.42 Å². The first-order valence-corrected chi connectivity index (χ1v) is 8.99. The van der Waals surface area contributed by atoms with Gasteiger partial charge >= 0.3 is 12.4 Å². The highest BCUT2D eigenvalue weighted by Crippen LogP contribution is 2.34. The molecule has 1 fully saturated rings. The van der Waals surface area contributed by atoms with E-state index in [9.17, 15) is 31.1 Å². The zero-order valence-electron chi connectivity index (χ0n) is 15.3. The molecule has 13 heteroatoms. The number of fused-ring (bicyclic) bond motifs is 1. The number of nitrogens with zero attached hydrogens (tertiary/aromatic N) is 4. The summed E-state index contributed by atoms with van der Waals surface area (Å²) in [6, 6.07) is -0.718. The van der Waals surface area contributed by atoms with Crippen molar-refractivity contribution in [2.45, 2.75) is 31.4 Å². The topological polar surface area (TPSA) is 59.8 Å². The zero-order valence-corrected chi connectivity index (χ0v) is 15.3. The molecule has 0 N–H and O–H groups in total. The monoisotopic (exact) mass is 430 g/mol. The lowest BCUT2D eigenvalue weighted by Gasteiger charge is -2.39. The van der Waals surface area contributed by atoms with E-state index in [2.05, 4.69) is 9.72 Å². The molecule has 0 radical (unpaired) electrons. The van der Waals surface area contributed by atoms with E-state index < -0.39 is 50.1 Å². The quantitative estimate of drug-likeness (QED) is 0.525. The molecule has 1 unspecified atom stereocenters. The number of halogens is 6. The van der Waals surface area contributed by atoms with Gasteiger partial charge in [0.1, 0.15) is 18.5 Å². The number of anilines is 2. The molecule has 164 valence electrons. The van der Waals surface area contributed by atoms with Gasteiger partial charge in [0.25, 0.3) is 5.56 Å². The molecule has 2 aliphatic rings. The van der Waals surface area contributed by atoms with Crippen LogP contribution in [0, 0.1) is 0 Å². The van der Waals surface area contributed by atoms with Crippen molar-refractivity contribution in [3.8, 4) is 0 Å². The van der Waals surface area contributed by atoms with Gasteiger partial charge < -0.3 is 19.3 Å². The van der Waals surface area contributed by atoms with Gasteiger partial charge in [0, 0.05) is 32.2 Å². The largest absolute Gasteiger partial charge is 0.411 e. The van der Waals surface area contributed by atoms with Crippen LogP contribution >= 0.6 is 0 Å². The van der Waals surface area contributed by atoms with Gasteiger partial charge in [-0.3, -0.25) is 9.36 Å². The van der Waals surface area contributed by atoms with Crippen molar-refractivity contribution in [1.29, 1.82) is 0 Å². The van der Waals surface area contributed by atoms with Gasteiger partial charge in [0.05, 0.1) is 19.8 Å². The van der Waals surface area contributed by atoms with Crippen molar-refractivity contribution in [1.82, 2.24) is 9.55 Å². The normalized spacial score (nSPS) is 20.7. The van der Waals surface area contributed by atoms with Gasteiger partial charge in [-0.15, -0.1) is 0 Å². The number of rotatable bonds is 5. The Kier molecular flexibility index (Phi) is 6.27. The number of hydrogen-bond acceptors (Lipinski definition) is 6. The van der Waals surface area contributed by atoms with Gasteiger partial charge in [0.15, 0.2) is 0 Å². The number of alkyl halides is 6. The summed E-state index contributed by atoms with van der Waals surface area (Å²) in [6.45, 7) is -1.20. The minimum Gasteiger partial charge on any atom is -0.378 e. The van der Waals surface area contributed by atoms with Crippen LogP contribution < -0.4 is 15.4 Å². The molecule has 0 aromatic carbocycles. The molecular weight excluding hydrogens is 410 g/mol. The first kappa shape index (κ1) is 21.7. The second-order valence-corrected chi connectivity index (χ2v) is 6.71. The van der Waals surface area contributed by atoms with Gasteiger partial charge in [-0.2, -0.15) is 31.3 Å². The summed E-state index contributed by atoms with van der Waals surface area (Å²) in [5.74, 6) is -0.00300. The first-order valence-electron chi connectivity index (χ1n) is 8.99. The van der Waals surface area contributed by atoms with E-state index in [-0.39, 0.29) is 18.3 Å². The third-order valence-electron chi connectivity index (χ3n) is 4.69. The van der Waals surface area contributed by atoms with Crippen molar-refractivity contribution < 1.29 is 35.8 Å². The molecule has 1 aromatic rings. The van der Waals surface area contributed by atoms with Crippen LogP contribution in [0.2, 0.25) is 0 Å². The van der Waals surface area contributed by atoms with Crippen LogP contribution in [-0.4, -0.2) is 74.0 Å². The van der Waals surface area contributed by atoms with E-state index in [1.165, 1.54) is 6.07 Å². The van der Waals surface area contributed by atoms with E-state index in [0.29, 0.717) is 26.3 Å². The summed E-state index contributed by atoms with van der Waals surface area (Å²) in [4.78, 5) is 19.3. The number of morpholine rings is 1. The summed E-state index contributed by atoms with van der Waals surface area (Å²) in [6.07, 6.45) is -9.63. The number of hydrogen-bond donors (Lipinski definition) is 0. The molecule has 1 aromatic heterocycles. The van der Waals surface area contributed by atoms with Crippen LogP contribution in [0.3, 0.4) is 0 Å². The predicted octanol–water partition coefficient (Wildman–Crippen LogP) is 1.80. The lowest BCUT2D eigenvalue weighted by Crippen LogP contribution is -2.53. The second kappa shape index (κ2) is 8.38. The highest BCUT2D eigenvalue weighted by molar-refractivity contribution is 5.46. The molecule has 2 aliphatic heterocycles. The summed E-state index contributed by atoms with van der Waals surface area (Å²) in [5.41, 5.74) is -0.515.